The predicted octanol–water partition coefficient (Wildman–Crippen LogP) is 5.51. The van der Waals surface area contributed by atoms with E-state index in [2.05, 4.69) is 32.8 Å². The standard InChI is InChI=1S/C47H62N6O8S/c1-29-39(62-28-50-29)34-17-15-32(16-18-34)25-49-41(56)37-24-35(54)26-53(37)42(57)40(45(3,4)5)52-43(58)47(22-23-47)21-9-10-31-11-13-33(14-12-31)27-60-30(2)36(19-20-38(48)55)51-44(59)61-46(6,7)8/h11-18,28,30,35-37,40,54H,19-27H2,1-8H3,(H2,48,55)(H,49,56)(H,51,59)(H,52,58)/t30-,35?,36+,37+,40-/m1/s1. The van der Waals surface area contributed by atoms with Crippen LogP contribution in [0, 0.1) is 29.6 Å². The van der Waals surface area contributed by atoms with Gasteiger partial charge in [0.25, 0.3) is 0 Å². The molecule has 5 amide bonds. The summed E-state index contributed by atoms with van der Waals surface area (Å²) in [6, 6.07) is 13.1. The number of nitrogens with zero attached hydrogens (tertiary/aromatic N) is 2. The number of aromatic nitrogens is 1. The Morgan fingerprint density at radius 2 is 1.66 bits per heavy atom. The quantitative estimate of drug-likeness (QED) is 0.115. The number of carbonyl (C=O) groups excluding carboxylic acids is 5. The third kappa shape index (κ3) is 13.3. The third-order valence-corrected chi connectivity index (χ3v) is 12.1. The topological polar surface area (TPSA) is 202 Å². The molecule has 334 valence electrons. The number of hydrogen-bond acceptors (Lipinski definition) is 10. The van der Waals surface area contributed by atoms with Crippen LogP contribution >= 0.6 is 11.3 Å². The van der Waals surface area contributed by atoms with Crippen molar-refractivity contribution < 1.29 is 38.6 Å². The van der Waals surface area contributed by atoms with Crippen molar-refractivity contribution in [3.8, 4) is 22.3 Å². The van der Waals surface area contributed by atoms with E-state index in [1.54, 1.807) is 32.1 Å². The summed E-state index contributed by atoms with van der Waals surface area (Å²) in [6.07, 6.45) is 0.131. The van der Waals surface area contributed by atoms with E-state index in [-0.39, 0.29) is 44.4 Å². The summed E-state index contributed by atoms with van der Waals surface area (Å²) in [5.41, 5.74) is 9.61. The number of benzene rings is 2. The van der Waals surface area contributed by atoms with Crippen LogP contribution in [-0.2, 0) is 41.8 Å². The number of β-amino-alcohol motifs (C(OH)–C–C–N with tert-alkyl or cyclic N) is 1. The second-order valence-electron chi connectivity index (χ2n) is 18.6. The Labute approximate surface area is 369 Å². The maximum Gasteiger partial charge on any atom is 0.407 e. The van der Waals surface area contributed by atoms with Crippen molar-refractivity contribution in [1.82, 2.24) is 25.8 Å². The molecule has 2 heterocycles. The normalized spacial score (nSPS) is 18.4. The summed E-state index contributed by atoms with van der Waals surface area (Å²) >= 11 is 1.57. The van der Waals surface area contributed by atoms with Crippen LogP contribution in [0.15, 0.2) is 54.0 Å². The lowest BCUT2D eigenvalue weighted by Crippen LogP contribution is -2.58. The summed E-state index contributed by atoms with van der Waals surface area (Å²) < 4.78 is 11.4. The van der Waals surface area contributed by atoms with Crippen molar-refractivity contribution in [1.29, 1.82) is 0 Å². The van der Waals surface area contributed by atoms with E-state index in [1.165, 1.54) is 4.90 Å². The van der Waals surface area contributed by atoms with E-state index in [4.69, 9.17) is 15.2 Å². The summed E-state index contributed by atoms with van der Waals surface area (Å²) in [5, 5.41) is 19.4. The van der Waals surface area contributed by atoms with Crippen LogP contribution in [0.4, 0.5) is 4.79 Å². The summed E-state index contributed by atoms with van der Waals surface area (Å²) in [5.74, 6) is 4.83. The molecule has 0 bridgehead atoms. The predicted molar refractivity (Wildman–Crippen MR) is 237 cm³/mol. The van der Waals surface area contributed by atoms with Crippen LogP contribution in [0.25, 0.3) is 10.4 Å². The molecule has 1 saturated heterocycles. The van der Waals surface area contributed by atoms with Crippen LogP contribution in [0.2, 0.25) is 0 Å². The highest BCUT2D eigenvalue weighted by Gasteiger charge is 2.52. The Morgan fingerprint density at radius 1 is 1.00 bits per heavy atom. The third-order valence-electron chi connectivity index (χ3n) is 11.1. The fourth-order valence-corrected chi connectivity index (χ4v) is 8.04. The molecular weight excluding hydrogens is 809 g/mol. The molecule has 14 nitrogen and oxygen atoms in total. The Balaban J connectivity index is 1.14. The maximum atomic E-state index is 14.2. The van der Waals surface area contributed by atoms with Crippen LogP contribution in [0.3, 0.4) is 0 Å². The lowest BCUT2D eigenvalue weighted by molar-refractivity contribution is -0.144. The van der Waals surface area contributed by atoms with Gasteiger partial charge >= 0.3 is 6.09 Å². The van der Waals surface area contributed by atoms with Gasteiger partial charge in [-0.1, -0.05) is 69.0 Å². The minimum Gasteiger partial charge on any atom is -0.444 e. The molecule has 1 aromatic heterocycles. The number of nitrogens with two attached hydrogens (primary N) is 1. The van der Waals surface area contributed by atoms with E-state index < -0.39 is 64.7 Å². The number of aryl methyl sites for hydroxylation is 1. The first-order chi connectivity index (χ1) is 29.1. The molecule has 2 fully saturated rings. The van der Waals surface area contributed by atoms with E-state index in [9.17, 15) is 29.1 Å². The molecule has 62 heavy (non-hydrogen) atoms. The molecule has 0 radical (unpaired) electrons. The number of rotatable bonds is 16. The summed E-state index contributed by atoms with van der Waals surface area (Å²) in [7, 11) is 0. The second kappa shape index (κ2) is 20.3. The highest BCUT2D eigenvalue weighted by Crippen LogP contribution is 2.49. The number of thiazole rings is 1. The molecule has 1 aliphatic heterocycles. The zero-order valence-corrected chi connectivity index (χ0v) is 37.9. The zero-order valence-electron chi connectivity index (χ0n) is 37.1. The molecule has 2 aliphatic rings. The molecule has 5 atom stereocenters. The van der Waals surface area contributed by atoms with Crippen molar-refractivity contribution in [3.05, 3.63) is 76.4 Å². The van der Waals surface area contributed by atoms with E-state index in [1.807, 2.05) is 88.7 Å². The van der Waals surface area contributed by atoms with Gasteiger partial charge < -0.3 is 41.2 Å². The first-order valence-electron chi connectivity index (χ1n) is 21.2. The number of likely N-dealkylation sites (tertiary alicyclic amines) is 1. The fourth-order valence-electron chi connectivity index (χ4n) is 7.22. The Bertz CT molecular complexity index is 2130. The lowest BCUT2D eigenvalue weighted by atomic mass is 9.84. The molecule has 2 aromatic carbocycles. The van der Waals surface area contributed by atoms with Gasteiger partial charge in [0.1, 0.15) is 17.7 Å². The number of carbonyl (C=O) groups is 5. The average Bonchev–Trinajstić information content (AvgIpc) is 3.70. The van der Waals surface area contributed by atoms with Gasteiger partial charge in [0.2, 0.25) is 23.6 Å². The largest absolute Gasteiger partial charge is 0.444 e. The number of nitrogens with one attached hydrogen (secondary N) is 3. The average molecular weight is 871 g/mol. The van der Waals surface area contributed by atoms with Crippen molar-refractivity contribution >= 4 is 41.1 Å². The van der Waals surface area contributed by atoms with Crippen LogP contribution < -0.4 is 21.7 Å². The molecule has 6 N–H and O–H groups in total. The first-order valence-corrected chi connectivity index (χ1v) is 22.1. The molecule has 1 aliphatic carbocycles. The van der Waals surface area contributed by atoms with E-state index in [0.29, 0.717) is 25.7 Å². The van der Waals surface area contributed by atoms with Gasteiger partial charge in [0, 0.05) is 37.9 Å². The number of alkyl carbamates (subject to hydrolysis) is 1. The minimum atomic E-state index is -0.937. The first kappa shape index (κ1) is 47.7. The van der Waals surface area contributed by atoms with Crippen molar-refractivity contribution in [2.45, 2.75) is 143 Å². The molecule has 1 saturated carbocycles. The lowest BCUT2D eigenvalue weighted by Gasteiger charge is -2.36. The minimum absolute atomic E-state index is 0.00832. The smallest absolute Gasteiger partial charge is 0.407 e. The number of ether oxygens (including phenoxy) is 2. The number of aliphatic hydroxyl groups excluding tert-OH is 1. The van der Waals surface area contributed by atoms with Gasteiger partial charge in [-0.15, -0.1) is 11.3 Å². The number of aliphatic hydroxyl groups is 1. The van der Waals surface area contributed by atoms with Gasteiger partial charge in [-0.2, -0.15) is 0 Å². The zero-order chi connectivity index (χ0) is 45.4. The highest BCUT2D eigenvalue weighted by atomic mass is 32.1. The van der Waals surface area contributed by atoms with Crippen LogP contribution in [-0.4, -0.2) is 87.2 Å². The Morgan fingerprint density at radius 3 is 2.24 bits per heavy atom. The summed E-state index contributed by atoms with van der Waals surface area (Å²) in [4.78, 5) is 72.3. The molecular formula is C47H62N6O8S. The van der Waals surface area contributed by atoms with Gasteiger partial charge in [-0.3, -0.25) is 19.2 Å². The second-order valence-corrected chi connectivity index (χ2v) is 19.4. The monoisotopic (exact) mass is 870 g/mol. The van der Waals surface area contributed by atoms with Crippen molar-refractivity contribution in [3.63, 3.8) is 0 Å². The number of primary amides is 1. The molecule has 1 unspecified atom stereocenters. The van der Waals surface area contributed by atoms with Gasteiger partial charge in [-0.25, -0.2) is 9.78 Å². The van der Waals surface area contributed by atoms with Gasteiger partial charge in [-0.05, 0) is 88.1 Å². The number of hydrogen-bond donors (Lipinski definition) is 5. The van der Waals surface area contributed by atoms with Crippen molar-refractivity contribution in [2.75, 3.05) is 6.54 Å². The number of amides is 5. The fraction of sp³-hybridized carbons (Fsp3) is 0.532. The Kier molecular flexibility index (Phi) is 15.6. The van der Waals surface area contributed by atoms with Crippen LogP contribution in [0.5, 0.6) is 0 Å². The highest BCUT2D eigenvalue weighted by molar-refractivity contribution is 7.13. The van der Waals surface area contributed by atoms with E-state index >= 15 is 0 Å². The van der Waals surface area contributed by atoms with Gasteiger partial charge in [0.15, 0.2) is 0 Å². The molecule has 5 rings (SSSR count). The van der Waals surface area contributed by atoms with Gasteiger partial charge in [0.05, 0.1) is 46.4 Å². The SMILES string of the molecule is Cc1ncsc1-c1ccc(CNC(=O)[C@@H]2CC(O)CN2C(=O)[C@@H](NC(=O)C2(CC#Cc3ccc(CO[C@H](C)[C@H](CCC(N)=O)NC(=O)OC(C)(C)C)cc3)CC2)C(C)(C)C)cc1. The maximum absolute atomic E-state index is 14.2. The van der Waals surface area contributed by atoms with Crippen LogP contribution in [0.1, 0.15) is 109 Å². The van der Waals surface area contributed by atoms with Crippen molar-refractivity contribution in [2.24, 2.45) is 16.6 Å². The molecule has 0 spiro atoms. The Hall–Kier alpha value is -5.30. The molecule has 15 heteroatoms. The van der Waals surface area contributed by atoms with E-state index in [0.717, 1.165) is 32.8 Å². The molecule has 3 aromatic rings. The summed E-state index contributed by atoms with van der Waals surface area (Å²) in [6.45, 7) is 15.2.